The summed E-state index contributed by atoms with van der Waals surface area (Å²) in [4.78, 5) is 29.7. The van der Waals surface area contributed by atoms with Gasteiger partial charge >= 0.3 is 0 Å². The molecule has 0 aromatic heterocycles. The number of benzene rings is 4. The van der Waals surface area contributed by atoms with E-state index in [0.29, 0.717) is 12.3 Å². The number of hydrogen-bond acceptors (Lipinski definition) is 5. The average Bonchev–Trinajstić information content (AvgIpc) is 3.02. The Labute approximate surface area is 260 Å². The van der Waals surface area contributed by atoms with E-state index in [0.717, 1.165) is 26.6 Å². The Bertz CT molecular complexity index is 1680. The van der Waals surface area contributed by atoms with Crippen LogP contribution >= 0.6 is 0 Å². The van der Waals surface area contributed by atoms with E-state index in [-0.39, 0.29) is 29.5 Å². The minimum absolute atomic E-state index is 0.0335. The van der Waals surface area contributed by atoms with Crippen molar-refractivity contribution in [1.29, 1.82) is 0 Å². The quantitative estimate of drug-likeness (QED) is 0.221. The lowest BCUT2D eigenvalue weighted by atomic mass is 10.0. The summed E-state index contributed by atoms with van der Waals surface area (Å²) < 4.78 is 35.0. The Balaban J connectivity index is 1.84. The van der Waals surface area contributed by atoms with Gasteiger partial charge in [0.25, 0.3) is 10.0 Å². The maximum Gasteiger partial charge on any atom is 0.264 e. The van der Waals surface area contributed by atoms with Crippen molar-refractivity contribution >= 4 is 27.5 Å². The minimum Gasteiger partial charge on any atom is -0.495 e. The molecular weight excluding hydrogens is 574 g/mol. The molecular formula is C35H39N3O5S. The van der Waals surface area contributed by atoms with Crippen molar-refractivity contribution in [1.82, 2.24) is 10.2 Å². The molecule has 1 N–H and O–H groups in total. The second kappa shape index (κ2) is 14.7. The Hall–Kier alpha value is -4.63. The third-order valence-corrected chi connectivity index (χ3v) is 9.04. The van der Waals surface area contributed by atoms with Crippen molar-refractivity contribution in [2.45, 2.75) is 44.7 Å². The Kier molecular flexibility index (Phi) is 10.8. The topological polar surface area (TPSA) is 96.0 Å². The van der Waals surface area contributed by atoms with Crippen molar-refractivity contribution in [2.24, 2.45) is 0 Å². The maximum absolute atomic E-state index is 14.5. The Morgan fingerprint density at radius 2 is 1.45 bits per heavy atom. The summed E-state index contributed by atoms with van der Waals surface area (Å²) in [6.07, 6.45) is 0.253. The first-order chi connectivity index (χ1) is 21.1. The molecule has 8 nitrogen and oxygen atoms in total. The van der Waals surface area contributed by atoms with Crippen molar-refractivity contribution in [2.75, 3.05) is 24.5 Å². The van der Waals surface area contributed by atoms with E-state index < -0.39 is 28.5 Å². The van der Waals surface area contributed by atoms with Crippen molar-refractivity contribution < 1.29 is 22.7 Å². The Morgan fingerprint density at radius 3 is 2.09 bits per heavy atom. The highest BCUT2D eigenvalue weighted by Gasteiger charge is 2.35. The molecule has 0 bridgehead atoms. The standard InChI is InChI=1S/C35H39N3O5S/c1-5-36-35(40)32(23-28-14-8-6-9-15-28)37(24-29-16-12-13-26(2)21-29)34(39)25-38(31-22-27(3)19-20-33(31)43-4)44(41,42)30-17-10-7-11-18-30/h6-22,32H,5,23-25H2,1-4H3,(H,36,40)/t32-/m0/s1. The number of methoxy groups -OCH3 is 1. The summed E-state index contributed by atoms with van der Waals surface area (Å²) in [5.74, 6) is -0.539. The number of carbonyl (C=O) groups excluding carboxylic acids is 2. The van der Waals surface area contributed by atoms with Crippen molar-refractivity contribution in [3.63, 3.8) is 0 Å². The highest BCUT2D eigenvalue weighted by atomic mass is 32.2. The first-order valence-corrected chi connectivity index (χ1v) is 16.0. The summed E-state index contributed by atoms with van der Waals surface area (Å²) >= 11 is 0. The monoisotopic (exact) mass is 613 g/mol. The number of hydrogen-bond donors (Lipinski definition) is 1. The third-order valence-electron chi connectivity index (χ3n) is 7.27. The second-order valence-electron chi connectivity index (χ2n) is 10.6. The molecule has 0 unspecified atom stereocenters. The SMILES string of the molecule is CCNC(=O)[C@H](Cc1ccccc1)N(Cc1cccc(C)c1)C(=O)CN(c1cc(C)ccc1OC)S(=O)(=O)c1ccccc1. The number of sulfonamides is 1. The summed E-state index contributed by atoms with van der Waals surface area (Å²) in [5, 5.41) is 2.88. The average molecular weight is 614 g/mol. The van der Waals surface area contributed by atoms with Crippen LogP contribution in [0.4, 0.5) is 5.69 Å². The molecule has 0 aliphatic carbocycles. The molecule has 0 saturated heterocycles. The molecule has 0 aliphatic heterocycles. The smallest absolute Gasteiger partial charge is 0.264 e. The van der Waals surface area contributed by atoms with Crippen LogP contribution in [0.2, 0.25) is 0 Å². The number of aryl methyl sites for hydroxylation is 2. The van der Waals surface area contributed by atoms with Gasteiger partial charge in [0.05, 0.1) is 17.7 Å². The molecule has 0 fully saturated rings. The van der Waals surface area contributed by atoms with Gasteiger partial charge in [-0.25, -0.2) is 8.42 Å². The van der Waals surface area contributed by atoms with E-state index in [4.69, 9.17) is 4.74 Å². The molecule has 0 spiro atoms. The van der Waals surface area contributed by atoms with E-state index in [1.165, 1.54) is 24.1 Å². The fourth-order valence-corrected chi connectivity index (χ4v) is 6.52. The van der Waals surface area contributed by atoms with Gasteiger partial charge in [0.1, 0.15) is 18.3 Å². The minimum atomic E-state index is -4.22. The number of rotatable bonds is 13. The predicted octanol–water partition coefficient (Wildman–Crippen LogP) is 5.28. The molecule has 0 aliphatic rings. The van der Waals surface area contributed by atoms with Gasteiger partial charge in [0.15, 0.2) is 0 Å². The van der Waals surface area contributed by atoms with Gasteiger partial charge in [0.2, 0.25) is 11.8 Å². The number of likely N-dealkylation sites (N-methyl/N-ethyl adjacent to an activating group) is 1. The number of amides is 2. The van der Waals surface area contributed by atoms with E-state index in [1.807, 2.05) is 81.4 Å². The summed E-state index contributed by atoms with van der Waals surface area (Å²) in [6, 6.07) is 29.4. The second-order valence-corrected chi connectivity index (χ2v) is 12.5. The molecule has 44 heavy (non-hydrogen) atoms. The molecule has 4 rings (SSSR count). The molecule has 4 aromatic carbocycles. The number of anilines is 1. The van der Waals surface area contributed by atoms with Gasteiger partial charge in [-0.05, 0) is 61.7 Å². The van der Waals surface area contributed by atoms with Crippen LogP contribution in [-0.4, -0.2) is 51.4 Å². The van der Waals surface area contributed by atoms with Crippen LogP contribution in [0.25, 0.3) is 0 Å². The molecule has 1 atom stereocenters. The molecule has 0 radical (unpaired) electrons. The predicted molar refractivity (Wildman–Crippen MR) is 173 cm³/mol. The first kappa shape index (κ1) is 32.3. The number of carbonyl (C=O) groups is 2. The van der Waals surface area contributed by atoms with E-state index >= 15 is 0 Å². The third kappa shape index (κ3) is 7.85. The Morgan fingerprint density at radius 1 is 0.818 bits per heavy atom. The molecule has 2 amide bonds. The molecule has 9 heteroatoms. The zero-order chi connectivity index (χ0) is 31.7. The largest absolute Gasteiger partial charge is 0.495 e. The van der Waals surface area contributed by atoms with Crippen LogP contribution in [0.1, 0.15) is 29.2 Å². The van der Waals surface area contributed by atoms with Gasteiger partial charge < -0.3 is 15.0 Å². The lowest BCUT2D eigenvalue weighted by Crippen LogP contribution is -2.53. The highest BCUT2D eigenvalue weighted by molar-refractivity contribution is 7.92. The summed E-state index contributed by atoms with van der Waals surface area (Å²) in [6.45, 7) is 5.56. The molecule has 0 saturated carbocycles. The maximum atomic E-state index is 14.5. The van der Waals surface area contributed by atoms with Crippen LogP contribution in [0.3, 0.4) is 0 Å². The van der Waals surface area contributed by atoms with Crippen LogP contribution in [0, 0.1) is 13.8 Å². The van der Waals surface area contributed by atoms with Crippen molar-refractivity contribution in [3.05, 3.63) is 125 Å². The fraction of sp³-hybridized carbons (Fsp3) is 0.257. The van der Waals surface area contributed by atoms with E-state index in [1.54, 1.807) is 30.3 Å². The van der Waals surface area contributed by atoms with Gasteiger partial charge in [-0.1, -0.05) is 84.4 Å². The van der Waals surface area contributed by atoms with Gasteiger partial charge in [-0.15, -0.1) is 0 Å². The zero-order valence-corrected chi connectivity index (χ0v) is 26.4. The zero-order valence-electron chi connectivity index (χ0n) is 25.6. The van der Waals surface area contributed by atoms with Gasteiger partial charge in [-0.3, -0.25) is 13.9 Å². The number of ether oxygens (including phenoxy) is 1. The molecule has 4 aromatic rings. The van der Waals surface area contributed by atoms with Crippen molar-refractivity contribution in [3.8, 4) is 5.75 Å². The van der Waals surface area contributed by atoms with E-state index in [2.05, 4.69) is 5.32 Å². The van der Waals surface area contributed by atoms with Crippen LogP contribution in [0.5, 0.6) is 5.75 Å². The van der Waals surface area contributed by atoms with Gasteiger partial charge in [-0.2, -0.15) is 0 Å². The molecule has 0 heterocycles. The summed E-state index contributed by atoms with van der Waals surface area (Å²) in [5.41, 5.74) is 3.73. The highest BCUT2D eigenvalue weighted by Crippen LogP contribution is 2.34. The lowest BCUT2D eigenvalue weighted by molar-refractivity contribution is -0.140. The van der Waals surface area contributed by atoms with E-state index in [9.17, 15) is 18.0 Å². The molecule has 230 valence electrons. The van der Waals surface area contributed by atoms with Crippen LogP contribution < -0.4 is 14.4 Å². The summed E-state index contributed by atoms with van der Waals surface area (Å²) in [7, 11) is -2.76. The normalized spacial score (nSPS) is 11.8. The van der Waals surface area contributed by atoms with Gasteiger partial charge in [0, 0.05) is 19.5 Å². The van der Waals surface area contributed by atoms with Crippen LogP contribution in [-0.2, 0) is 32.6 Å². The number of nitrogens with one attached hydrogen (secondary N) is 1. The fourth-order valence-electron chi connectivity index (χ4n) is 5.08. The number of nitrogens with zero attached hydrogens (tertiary/aromatic N) is 2. The van der Waals surface area contributed by atoms with Crippen LogP contribution in [0.15, 0.2) is 108 Å². The lowest BCUT2D eigenvalue weighted by Gasteiger charge is -2.34. The first-order valence-electron chi connectivity index (χ1n) is 14.5.